The summed E-state index contributed by atoms with van der Waals surface area (Å²) >= 11 is 0. The second-order valence-corrected chi connectivity index (χ2v) is 9.88. The predicted molar refractivity (Wildman–Crippen MR) is 108 cm³/mol. The van der Waals surface area contributed by atoms with Crippen LogP contribution in [0.2, 0.25) is 0 Å². The van der Waals surface area contributed by atoms with Crippen molar-refractivity contribution < 1.29 is 8.42 Å². The fraction of sp³-hybridized carbons (Fsp3) is 0.350. The lowest BCUT2D eigenvalue weighted by molar-refractivity contribution is 0.268. The third-order valence-electron chi connectivity index (χ3n) is 4.51. The van der Waals surface area contributed by atoms with Crippen molar-refractivity contribution in [1.82, 2.24) is 25.5 Å². The number of hydrogen-bond acceptors (Lipinski definition) is 6. The predicted octanol–water partition coefficient (Wildman–Crippen LogP) is 2.94. The summed E-state index contributed by atoms with van der Waals surface area (Å²) in [5, 5.41) is 15.5. The van der Waals surface area contributed by atoms with Gasteiger partial charge in [-0.1, -0.05) is 51.1 Å². The van der Waals surface area contributed by atoms with Crippen molar-refractivity contribution in [2.45, 2.75) is 38.3 Å². The zero-order valence-corrected chi connectivity index (χ0v) is 17.3. The van der Waals surface area contributed by atoms with E-state index in [9.17, 15) is 8.42 Å². The number of hydrogen-bond donors (Lipinski definition) is 1. The Hall–Kier alpha value is -2.58. The largest absolute Gasteiger partial charge is 0.302 e. The van der Waals surface area contributed by atoms with E-state index < -0.39 is 9.84 Å². The van der Waals surface area contributed by atoms with Gasteiger partial charge in [-0.2, -0.15) is 4.68 Å². The molecule has 1 unspecified atom stereocenters. The van der Waals surface area contributed by atoms with E-state index in [1.807, 2.05) is 18.2 Å². The molecule has 28 heavy (non-hydrogen) atoms. The molecule has 1 N–H and O–H groups in total. The molecular formula is C20H25N5O2S. The number of sulfone groups is 1. The van der Waals surface area contributed by atoms with Crippen molar-refractivity contribution in [3.63, 3.8) is 0 Å². The highest BCUT2D eigenvalue weighted by atomic mass is 32.2. The van der Waals surface area contributed by atoms with E-state index in [0.29, 0.717) is 18.1 Å². The van der Waals surface area contributed by atoms with Crippen LogP contribution in [0.4, 0.5) is 0 Å². The maximum atomic E-state index is 11.6. The van der Waals surface area contributed by atoms with E-state index in [1.165, 1.54) is 11.8 Å². The molecule has 1 atom stereocenters. The van der Waals surface area contributed by atoms with E-state index in [1.54, 1.807) is 28.9 Å². The quantitative estimate of drug-likeness (QED) is 0.685. The monoisotopic (exact) mass is 399 g/mol. The van der Waals surface area contributed by atoms with Gasteiger partial charge >= 0.3 is 0 Å². The molecule has 1 heterocycles. The number of nitrogens with zero attached hydrogens (tertiary/aromatic N) is 4. The molecule has 148 valence electrons. The van der Waals surface area contributed by atoms with Crippen LogP contribution in [0.15, 0.2) is 59.5 Å². The van der Waals surface area contributed by atoms with Crippen molar-refractivity contribution >= 4 is 9.84 Å². The van der Waals surface area contributed by atoms with Crippen molar-refractivity contribution in [3.8, 4) is 5.69 Å². The van der Waals surface area contributed by atoms with Gasteiger partial charge in [0.25, 0.3) is 0 Å². The molecule has 0 saturated carbocycles. The number of tetrazole rings is 1. The average Bonchev–Trinajstić information content (AvgIpc) is 3.09. The Kier molecular flexibility index (Phi) is 5.62. The van der Waals surface area contributed by atoms with E-state index in [4.69, 9.17) is 0 Å². The number of rotatable bonds is 6. The molecule has 0 fully saturated rings. The van der Waals surface area contributed by atoms with Gasteiger partial charge in [-0.25, -0.2) is 8.42 Å². The summed E-state index contributed by atoms with van der Waals surface area (Å²) in [6, 6.07) is 16.9. The molecule has 0 aliphatic rings. The van der Waals surface area contributed by atoms with Gasteiger partial charge in [-0.15, -0.1) is 5.10 Å². The second kappa shape index (κ2) is 7.81. The Balaban J connectivity index is 1.82. The van der Waals surface area contributed by atoms with Crippen LogP contribution in [0.1, 0.15) is 38.2 Å². The first kappa shape index (κ1) is 20.2. The lowest BCUT2D eigenvalue weighted by Crippen LogP contribution is -2.32. The lowest BCUT2D eigenvalue weighted by Gasteiger charge is -2.32. The summed E-state index contributed by atoms with van der Waals surface area (Å²) in [5.74, 6) is 0.650. The third-order valence-corrected chi connectivity index (χ3v) is 5.64. The van der Waals surface area contributed by atoms with Crippen LogP contribution in [0.3, 0.4) is 0 Å². The standard InChI is InChI=1S/C20H25N5O2S/c1-20(2,3)19(15-8-6-5-7-9-15)21-14-18-22-23-24-25(18)16-10-12-17(13-11-16)28(4,26)27/h5-13,19,21H,14H2,1-4H3. The van der Waals surface area contributed by atoms with Crippen LogP contribution in [-0.4, -0.2) is 34.9 Å². The minimum atomic E-state index is -3.24. The first-order chi connectivity index (χ1) is 13.2. The number of nitrogens with one attached hydrogen (secondary N) is 1. The Morgan fingerprint density at radius 3 is 2.25 bits per heavy atom. The Morgan fingerprint density at radius 2 is 1.68 bits per heavy atom. The average molecular weight is 400 g/mol. The highest BCUT2D eigenvalue weighted by molar-refractivity contribution is 7.90. The molecule has 3 rings (SSSR count). The number of benzene rings is 2. The Morgan fingerprint density at radius 1 is 1.04 bits per heavy atom. The van der Waals surface area contributed by atoms with Crippen molar-refractivity contribution in [3.05, 3.63) is 66.0 Å². The summed E-state index contributed by atoms with van der Waals surface area (Å²) < 4.78 is 24.9. The summed E-state index contributed by atoms with van der Waals surface area (Å²) in [6.45, 7) is 7.03. The molecule has 3 aromatic rings. The summed E-state index contributed by atoms with van der Waals surface area (Å²) in [4.78, 5) is 0.265. The Bertz CT molecular complexity index is 1020. The first-order valence-electron chi connectivity index (χ1n) is 9.02. The number of aromatic nitrogens is 4. The molecular weight excluding hydrogens is 374 g/mol. The normalized spacial score (nSPS) is 13.4. The van der Waals surface area contributed by atoms with Gasteiger partial charge in [0.2, 0.25) is 0 Å². The van der Waals surface area contributed by atoms with Crippen molar-refractivity contribution in [2.75, 3.05) is 6.26 Å². The van der Waals surface area contributed by atoms with E-state index in [-0.39, 0.29) is 16.4 Å². The van der Waals surface area contributed by atoms with Crippen LogP contribution in [0.25, 0.3) is 5.69 Å². The molecule has 2 aromatic carbocycles. The molecule has 0 aliphatic carbocycles. The van der Waals surface area contributed by atoms with Gasteiger partial charge < -0.3 is 5.32 Å². The molecule has 0 amide bonds. The molecule has 0 bridgehead atoms. The van der Waals surface area contributed by atoms with Crippen molar-refractivity contribution in [1.29, 1.82) is 0 Å². The van der Waals surface area contributed by atoms with Crippen LogP contribution < -0.4 is 5.32 Å². The molecule has 0 saturated heterocycles. The SMILES string of the molecule is CC(C)(C)C(NCc1nnnn1-c1ccc(S(C)(=O)=O)cc1)c1ccccc1. The van der Waals surface area contributed by atoms with Crippen LogP contribution in [0, 0.1) is 5.41 Å². The lowest BCUT2D eigenvalue weighted by atomic mass is 9.82. The van der Waals surface area contributed by atoms with E-state index in [2.05, 4.69) is 53.7 Å². The first-order valence-corrected chi connectivity index (χ1v) is 10.9. The molecule has 1 aromatic heterocycles. The molecule has 7 nitrogen and oxygen atoms in total. The summed E-state index contributed by atoms with van der Waals surface area (Å²) in [5.41, 5.74) is 1.91. The zero-order valence-electron chi connectivity index (χ0n) is 16.5. The highest BCUT2D eigenvalue weighted by Gasteiger charge is 2.26. The van der Waals surface area contributed by atoms with Crippen LogP contribution in [-0.2, 0) is 16.4 Å². The fourth-order valence-corrected chi connectivity index (χ4v) is 3.74. The minimum Gasteiger partial charge on any atom is -0.302 e. The van der Waals surface area contributed by atoms with Gasteiger partial charge in [0.05, 0.1) is 17.1 Å². The smallest absolute Gasteiger partial charge is 0.175 e. The van der Waals surface area contributed by atoms with E-state index in [0.717, 1.165) is 0 Å². The van der Waals surface area contributed by atoms with Gasteiger partial charge in [-0.05, 0) is 45.7 Å². The molecule has 8 heteroatoms. The maximum Gasteiger partial charge on any atom is 0.175 e. The summed E-state index contributed by atoms with van der Waals surface area (Å²) in [7, 11) is -3.24. The van der Waals surface area contributed by atoms with E-state index >= 15 is 0 Å². The van der Waals surface area contributed by atoms with Gasteiger partial charge in [-0.3, -0.25) is 0 Å². The maximum absolute atomic E-state index is 11.6. The van der Waals surface area contributed by atoms with Gasteiger partial charge in [0.15, 0.2) is 15.7 Å². The Labute approximate surface area is 165 Å². The molecule has 0 radical (unpaired) electrons. The highest BCUT2D eigenvalue weighted by Crippen LogP contribution is 2.32. The second-order valence-electron chi connectivity index (χ2n) is 7.86. The van der Waals surface area contributed by atoms with Gasteiger partial charge in [0, 0.05) is 12.3 Å². The minimum absolute atomic E-state index is 0.00321. The van der Waals surface area contributed by atoms with Crippen LogP contribution in [0.5, 0.6) is 0 Å². The third kappa shape index (κ3) is 4.63. The fourth-order valence-electron chi connectivity index (χ4n) is 3.11. The van der Waals surface area contributed by atoms with Crippen LogP contribution >= 0.6 is 0 Å². The molecule has 0 aliphatic heterocycles. The van der Waals surface area contributed by atoms with Gasteiger partial charge in [0.1, 0.15) is 0 Å². The van der Waals surface area contributed by atoms with Crippen molar-refractivity contribution in [2.24, 2.45) is 5.41 Å². The molecule has 0 spiro atoms. The summed E-state index contributed by atoms with van der Waals surface area (Å²) in [6.07, 6.45) is 1.19. The topological polar surface area (TPSA) is 89.8 Å². The zero-order chi connectivity index (χ0) is 20.4.